The van der Waals surface area contributed by atoms with Crippen molar-refractivity contribution in [2.75, 3.05) is 24.6 Å². The van der Waals surface area contributed by atoms with Crippen LogP contribution in [0.4, 0.5) is 5.69 Å². The fraction of sp³-hybridized carbons (Fsp3) is 0.600. The van der Waals surface area contributed by atoms with Crippen LogP contribution in [0.1, 0.15) is 38.2 Å². The molecule has 100 valence electrons. The fourth-order valence-corrected chi connectivity index (χ4v) is 2.82. The normalized spacial score (nSPS) is 20.4. The zero-order valence-corrected chi connectivity index (χ0v) is 11.4. The van der Waals surface area contributed by atoms with Crippen LogP contribution in [0.15, 0.2) is 24.3 Å². The molecule has 0 radical (unpaired) electrons. The van der Waals surface area contributed by atoms with Gasteiger partial charge in [-0.1, -0.05) is 32.0 Å². The number of hydrogen-bond acceptors (Lipinski definition) is 3. The van der Waals surface area contributed by atoms with Crippen LogP contribution in [0.25, 0.3) is 0 Å². The Morgan fingerprint density at radius 3 is 2.89 bits per heavy atom. The Hall–Kier alpha value is -1.06. The zero-order chi connectivity index (χ0) is 13.0. The van der Waals surface area contributed by atoms with Crippen molar-refractivity contribution < 1.29 is 4.84 Å². The minimum Gasteiger partial charge on any atom is -0.371 e. The molecule has 1 aromatic rings. The Labute approximate surface area is 110 Å². The summed E-state index contributed by atoms with van der Waals surface area (Å²) >= 11 is 0. The minimum atomic E-state index is 0.559. The van der Waals surface area contributed by atoms with Crippen molar-refractivity contribution in [3.63, 3.8) is 0 Å². The molecule has 3 heteroatoms. The van der Waals surface area contributed by atoms with Crippen molar-refractivity contribution in [2.24, 2.45) is 11.8 Å². The topological polar surface area (TPSA) is 38.5 Å². The molecule has 18 heavy (non-hydrogen) atoms. The molecule has 0 bridgehead atoms. The van der Waals surface area contributed by atoms with Gasteiger partial charge < -0.3 is 9.74 Å². The summed E-state index contributed by atoms with van der Waals surface area (Å²) in [5, 5.41) is 0. The van der Waals surface area contributed by atoms with E-state index in [1.807, 2.05) is 0 Å². The second-order valence-electron chi connectivity index (χ2n) is 5.50. The molecule has 2 N–H and O–H groups in total. The van der Waals surface area contributed by atoms with Crippen LogP contribution < -0.4 is 10.8 Å². The van der Waals surface area contributed by atoms with Crippen LogP contribution in [0.5, 0.6) is 0 Å². The van der Waals surface area contributed by atoms with Crippen molar-refractivity contribution in [3.8, 4) is 0 Å². The molecule has 1 heterocycles. The van der Waals surface area contributed by atoms with E-state index >= 15 is 0 Å². The second-order valence-corrected chi connectivity index (χ2v) is 5.50. The summed E-state index contributed by atoms with van der Waals surface area (Å²) < 4.78 is 0. The van der Waals surface area contributed by atoms with Crippen LogP contribution in [-0.2, 0) is 4.84 Å². The van der Waals surface area contributed by atoms with Crippen LogP contribution in [0.2, 0.25) is 0 Å². The van der Waals surface area contributed by atoms with Gasteiger partial charge in [-0.05, 0) is 30.4 Å². The minimum absolute atomic E-state index is 0.559. The Bertz CT molecular complexity index is 377. The largest absolute Gasteiger partial charge is 0.371 e. The van der Waals surface area contributed by atoms with E-state index in [4.69, 9.17) is 10.7 Å². The summed E-state index contributed by atoms with van der Waals surface area (Å²) in [5.41, 5.74) is 2.82. The third-order valence-electron chi connectivity index (χ3n) is 3.75. The Morgan fingerprint density at radius 2 is 2.17 bits per heavy atom. The van der Waals surface area contributed by atoms with E-state index in [0.717, 1.165) is 13.1 Å². The van der Waals surface area contributed by atoms with Crippen molar-refractivity contribution in [1.29, 1.82) is 0 Å². The molecule has 0 aromatic heterocycles. The first-order valence-corrected chi connectivity index (χ1v) is 6.88. The Balaban J connectivity index is 2.15. The molecule has 1 aliphatic rings. The molecular formula is C15H24N2O. The molecular weight excluding hydrogens is 224 g/mol. The van der Waals surface area contributed by atoms with E-state index in [0.29, 0.717) is 18.4 Å². The first-order chi connectivity index (χ1) is 8.72. The fourth-order valence-electron chi connectivity index (χ4n) is 2.82. The molecule has 1 unspecified atom stereocenters. The van der Waals surface area contributed by atoms with E-state index in [1.54, 1.807) is 0 Å². The number of rotatable bonds is 4. The summed E-state index contributed by atoms with van der Waals surface area (Å²) in [7, 11) is 0. The average Bonchev–Trinajstić information content (AvgIpc) is 2.39. The summed E-state index contributed by atoms with van der Waals surface area (Å²) in [4.78, 5) is 7.31. The third kappa shape index (κ3) is 3.03. The van der Waals surface area contributed by atoms with Crippen LogP contribution in [0.3, 0.4) is 0 Å². The van der Waals surface area contributed by atoms with Gasteiger partial charge in [-0.2, -0.15) is 0 Å². The number of para-hydroxylation sites is 1. The molecule has 2 rings (SSSR count). The van der Waals surface area contributed by atoms with E-state index in [2.05, 4.69) is 43.0 Å². The van der Waals surface area contributed by atoms with Crippen LogP contribution in [-0.4, -0.2) is 19.7 Å². The van der Waals surface area contributed by atoms with Gasteiger partial charge in [-0.15, -0.1) is 0 Å². The lowest BCUT2D eigenvalue weighted by atomic mass is 9.95. The standard InChI is InChI=1S/C15H24N2O/c1-12(2)14-7-3-4-8-15(14)17-9-5-6-13(10-17)11-18-16/h3-4,7-8,12-13H,5-6,9-11,16H2,1-2H3. The molecule has 0 saturated carbocycles. The Kier molecular flexibility index (Phi) is 4.61. The molecule has 3 nitrogen and oxygen atoms in total. The van der Waals surface area contributed by atoms with E-state index < -0.39 is 0 Å². The maximum Gasteiger partial charge on any atom is 0.0724 e. The summed E-state index contributed by atoms with van der Waals surface area (Å²) in [6, 6.07) is 8.73. The van der Waals surface area contributed by atoms with Gasteiger partial charge >= 0.3 is 0 Å². The van der Waals surface area contributed by atoms with Crippen molar-refractivity contribution in [2.45, 2.75) is 32.6 Å². The smallest absolute Gasteiger partial charge is 0.0724 e. The quantitative estimate of drug-likeness (QED) is 0.833. The summed E-state index contributed by atoms with van der Waals surface area (Å²) in [6.07, 6.45) is 2.44. The van der Waals surface area contributed by atoms with Gasteiger partial charge in [-0.25, -0.2) is 5.90 Å². The van der Waals surface area contributed by atoms with Gasteiger partial charge in [0, 0.05) is 24.7 Å². The van der Waals surface area contributed by atoms with E-state index in [-0.39, 0.29) is 0 Å². The molecule has 1 aliphatic heterocycles. The predicted octanol–water partition coefficient (Wildman–Crippen LogP) is 2.92. The SMILES string of the molecule is CC(C)c1ccccc1N1CCCC(CON)C1. The highest BCUT2D eigenvalue weighted by Gasteiger charge is 2.22. The van der Waals surface area contributed by atoms with E-state index in [9.17, 15) is 0 Å². The van der Waals surface area contributed by atoms with Gasteiger partial charge in [0.05, 0.1) is 6.61 Å². The highest BCUT2D eigenvalue weighted by Crippen LogP contribution is 2.30. The number of piperidine rings is 1. The molecule has 1 fully saturated rings. The highest BCUT2D eigenvalue weighted by molar-refractivity contribution is 5.55. The lowest BCUT2D eigenvalue weighted by Crippen LogP contribution is -2.38. The summed E-state index contributed by atoms with van der Waals surface area (Å²) in [5.74, 6) is 6.32. The lowest BCUT2D eigenvalue weighted by Gasteiger charge is -2.35. The molecule has 0 amide bonds. The molecule has 0 aliphatic carbocycles. The number of anilines is 1. The molecule has 0 spiro atoms. The number of benzene rings is 1. The number of nitrogens with zero attached hydrogens (tertiary/aromatic N) is 1. The van der Waals surface area contributed by atoms with Crippen molar-refractivity contribution in [3.05, 3.63) is 29.8 Å². The number of nitrogens with two attached hydrogens (primary N) is 1. The first-order valence-electron chi connectivity index (χ1n) is 6.88. The van der Waals surface area contributed by atoms with Crippen molar-refractivity contribution in [1.82, 2.24) is 0 Å². The average molecular weight is 248 g/mol. The zero-order valence-electron chi connectivity index (χ0n) is 11.4. The van der Waals surface area contributed by atoms with Crippen LogP contribution >= 0.6 is 0 Å². The van der Waals surface area contributed by atoms with Gasteiger partial charge in [0.25, 0.3) is 0 Å². The maximum atomic E-state index is 5.20. The van der Waals surface area contributed by atoms with Gasteiger partial charge in [0.2, 0.25) is 0 Å². The molecule has 1 aromatic carbocycles. The summed E-state index contributed by atoms with van der Waals surface area (Å²) in [6.45, 7) is 7.37. The van der Waals surface area contributed by atoms with E-state index in [1.165, 1.54) is 24.1 Å². The van der Waals surface area contributed by atoms with Gasteiger partial charge in [0.15, 0.2) is 0 Å². The first kappa shape index (κ1) is 13.4. The molecule has 1 saturated heterocycles. The maximum absolute atomic E-state index is 5.20. The van der Waals surface area contributed by atoms with Gasteiger partial charge in [-0.3, -0.25) is 0 Å². The second kappa shape index (κ2) is 6.21. The monoisotopic (exact) mass is 248 g/mol. The van der Waals surface area contributed by atoms with Gasteiger partial charge in [0.1, 0.15) is 0 Å². The number of hydrogen-bond donors (Lipinski definition) is 1. The highest BCUT2D eigenvalue weighted by atomic mass is 16.6. The lowest BCUT2D eigenvalue weighted by molar-refractivity contribution is 0.0951. The van der Waals surface area contributed by atoms with Crippen LogP contribution in [0, 0.1) is 5.92 Å². The molecule has 1 atom stereocenters. The third-order valence-corrected chi connectivity index (χ3v) is 3.75. The predicted molar refractivity (Wildman–Crippen MR) is 75.6 cm³/mol. The van der Waals surface area contributed by atoms with Crippen molar-refractivity contribution >= 4 is 5.69 Å². The Morgan fingerprint density at radius 1 is 1.39 bits per heavy atom.